The summed E-state index contributed by atoms with van der Waals surface area (Å²) in [6.45, 7) is 0. The molecule has 0 radical (unpaired) electrons. The summed E-state index contributed by atoms with van der Waals surface area (Å²) in [5, 5.41) is 13.4. The molecule has 262 valence electrons. The van der Waals surface area contributed by atoms with Gasteiger partial charge in [0, 0.05) is 0 Å². The third kappa shape index (κ3) is 8.13. The smallest absolute Gasteiger partial charge is 0.00135 e. The molecule has 0 unspecified atom stereocenters. The van der Waals surface area contributed by atoms with Crippen LogP contribution in [0, 0.1) is 0 Å². The van der Waals surface area contributed by atoms with Crippen molar-refractivity contribution in [2.75, 3.05) is 0 Å². The van der Waals surface area contributed by atoms with Crippen molar-refractivity contribution >= 4 is 53.9 Å². The van der Waals surface area contributed by atoms with Gasteiger partial charge in [0.1, 0.15) is 0 Å². The molecule has 9 aromatic rings. The predicted octanol–water partition coefficient (Wildman–Crippen LogP) is 15.7. The van der Waals surface area contributed by atoms with Crippen molar-refractivity contribution < 1.29 is 0 Å². The molecule has 0 bridgehead atoms. The lowest BCUT2D eigenvalue weighted by atomic mass is 9.95. The lowest BCUT2D eigenvalue weighted by Crippen LogP contribution is -1.85. The average molecular weight is 687 g/mol. The van der Waals surface area contributed by atoms with Gasteiger partial charge in [-0.05, 0) is 94.7 Å². The van der Waals surface area contributed by atoms with Crippen molar-refractivity contribution in [2.24, 2.45) is 0 Å². The number of hydrogen-bond acceptors (Lipinski definition) is 0. The van der Waals surface area contributed by atoms with E-state index in [-0.39, 0.29) is 0 Å². The third-order valence-corrected chi connectivity index (χ3v) is 11.2. The molecule has 0 atom stereocenters. The largest absolute Gasteiger partial charge is 0.0619 e. The maximum atomic E-state index is 2.24. The summed E-state index contributed by atoms with van der Waals surface area (Å²) >= 11 is 0. The second kappa shape index (κ2) is 16.9. The summed E-state index contributed by atoms with van der Waals surface area (Å²) in [6.07, 6.45) is 16.1. The SMILES string of the molecule is C1CCCCCCCCC1.c1cc2ccc3cccc4ccc(c1)c2c34.c1ccc2c(c1)Cc1ccccc1-2.c1ccc2cc3ccccc3cc2c1. The van der Waals surface area contributed by atoms with Gasteiger partial charge in [-0.25, -0.2) is 0 Å². The van der Waals surface area contributed by atoms with Gasteiger partial charge in [-0.3, -0.25) is 0 Å². The van der Waals surface area contributed by atoms with Crippen LogP contribution in [0.5, 0.6) is 0 Å². The fraction of sp³-hybridized carbons (Fsp3) is 0.208. The van der Waals surface area contributed by atoms with Gasteiger partial charge in [0.15, 0.2) is 0 Å². The molecule has 0 amide bonds. The zero-order chi connectivity index (χ0) is 35.7. The van der Waals surface area contributed by atoms with Gasteiger partial charge < -0.3 is 0 Å². The van der Waals surface area contributed by atoms with Crippen LogP contribution in [0.2, 0.25) is 0 Å². The highest BCUT2D eigenvalue weighted by atomic mass is 14.2. The summed E-state index contributed by atoms with van der Waals surface area (Å²) < 4.78 is 0. The minimum atomic E-state index is 1.10. The zero-order valence-corrected chi connectivity index (χ0v) is 30.9. The normalized spacial score (nSPS) is 14.0. The molecule has 0 heteroatoms. The molecule has 0 aliphatic heterocycles. The van der Waals surface area contributed by atoms with Crippen molar-refractivity contribution in [3.8, 4) is 11.1 Å². The minimum Gasteiger partial charge on any atom is -0.0619 e. The van der Waals surface area contributed by atoms with Crippen LogP contribution in [0.1, 0.15) is 75.3 Å². The quantitative estimate of drug-likeness (QED) is 0.110. The van der Waals surface area contributed by atoms with E-state index in [1.54, 1.807) is 0 Å². The summed E-state index contributed by atoms with van der Waals surface area (Å²) in [4.78, 5) is 0. The Morgan fingerprint density at radius 1 is 0.226 bits per heavy atom. The fourth-order valence-electron chi connectivity index (χ4n) is 8.40. The van der Waals surface area contributed by atoms with Crippen LogP contribution in [0.3, 0.4) is 0 Å². The molecule has 0 heterocycles. The molecule has 11 rings (SSSR count). The Labute approximate surface area is 315 Å². The van der Waals surface area contributed by atoms with Gasteiger partial charge in [0.05, 0.1) is 0 Å². The van der Waals surface area contributed by atoms with Crippen LogP contribution in [0.15, 0.2) is 170 Å². The third-order valence-electron chi connectivity index (χ3n) is 11.2. The van der Waals surface area contributed by atoms with E-state index >= 15 is 0 Å². The molecule has 2 aliphatic carbocycles. The first-order chi connectivity index (χ1) is 26.3. The van der Waals surface area contributed by atoms with E-state index in [1.807, 2.05) is 0 Å². The van der Waals surface area contributed by atoms with Crippen LogP contribution in [-0.4, -0.2) is 0 Å². The maximum Gasteiger partial charge on any atom is -0.00135 e. The van der Waals surface area contributed by atoms with Crippen molar-refractivity contribution in [1.29, 1.82) is 0 Å². The number of rotatable bonds is 0. The molecular formula is C53H50. The van der Waals surface area contributed by atoms with Crippen molar-refractivity contribution in [3.05, 3.63) is 181 Å². The van der Waals surface area contributed by atoms with Crippen molar-refractivity contribution in [2.45, 2.75) is 70.6 Å². The van der Waals surface area contributed by atoms with Gasteiger partial charge in [0.2, 0.25) is 0 Å². The van der Waals surface area contributed by atoms with E-state index in [4.69, 9.17) is 0 Å². The van der Waals surface area contributed by atoms with Crippen molar-refractivity contribution in [1.82, 2.24) is 0 Å². The molecule has 2 aliphatic rings. The molecule has 0 saturated heterocycles. The van der Waals surface area contributed by atoms with Gasteiger partial charge >= 0.3 is 0 Å². The molecule has 0 aromatic heterocycles. The minimum absolute atomic E-state index is 1.10. The maximum absolute atomic E-state index is 2.24. The highest BCUT2D eigenvalue weighted by Gasteiger charge is 2.16. The lowest BCUT2D eigenvalue weighted by molar-refractivity contribution is 0.504. The standard InChI is InChI=1S/C16H10.C14H10.C13H10.C10H20/c1-3-11-7-9-13-5-2-6-14-10-8-12(4-1)15(11)16(13)14;1-2-6-12-10-14-8-4-3-7-13(14)9-11(12)5-1;1-3-7-12-10(5-1)9-11-6-2-4-8-13(11)12;1-2-4-6-8-10-9-7-5-3-1/h1-10H;1-10H;1-8H,9H2;1-10H2. The van der Waals surface area contributed by atoms with E-state index in [2.05, 4.69) is 170 Å². The van der Waals surface area contributed by atoms with Crippen LogP contribution < -0.4 is 0 Å². The lowest BCUT2D eigenvalue weighted by Gasteiger charge is -2.09. The van der Waals surface area contributed by atoms with Gasteiger partial charge in [-0.2, -0.15) is 0 Å². The van der Waals surface area contributed by atoms with Crippen LogP contribution >= 0.6 is 0 Å². The highest BCUT2D eigenvalue weighted by Crippen LogP contribution is 2.36. The molecule has 1 fully saturated rings. The Bertz CT molecular complexity index is 2240. The summed E-state index contributed by atoms with van der Waals surface area (Å²) in [5.41, 5.74) is 5.75. The molecule has 9 aromatic carbocycles. The second-order valence-corrected chi connectivity index (χ2v) is 14.9. The van der Waals surface area contributed by atoms with E-state index in [1.165, 1.54) is 140 Å². The van der Waals surface area contributed by atoms with Gasteiger partial charge in [0.25, 0.3) is 0 Å². The van der Waals surface area contributed by atoms with E-state index in [0.717, 1.165) is 6.42 Å². The molecule has 0 spiro atoms. The summed E-state index contributed by atoms with van der Waals surface area (Å²) in [7, 11) is 0. The Balaban J connectivity index is 0.000000102. The van der Waals surface area contributed by atoms with E-state index in [9.17, 15) is 0 Å². The Morgan fingerprint density at radius 2 is 0.491 bits per heavy atom. The molecule has 0 N–H and O–H groups in total. The van der Waals surface area contributed by atoms with Crippen LogP contribution in [0.25, 0.3) is 65.0 Å². The zero-order valence-electron chi connectivity index (χ0n) is 30.9. The van der Waals surface area contributed by atoms with Crippen LogP contribution in [-0.2, 0) is 6.42 Å². The topological polar surface area (TPSA) is 0 Å². The molecule has 0 nitrogen and oxygen atoms in total. The van der Waals surface area contributed by atoms with Crippen LogP contribution in [0.4, 0.5) is 0 Å². The van der Waals surface area contributed by atoms with Crippen molar-refractivity contribution in [3.63, 3.8) is 0 Å². The molecule has 53 heavy (non-hydrogen) atoms. The summed E-state index contributed by atoms with van der Waals surface area (Å²) in [5.74, 6) is 0. The number of fused-ring (bicyclic) bond motifs is 5. The molecular weight excluding hydrogens is 637 g/mol. The monoisotopic (exact) mass is 686 g/mol. The van der Waals surface area contributed by atoms with Gasteiger partial charge in [-0.15, -0.1) is 0 Å². The first kappa shape index (κ1) is 34.6. The fourth-order valence-corrected chi connectivity index (χ4v) is 8.40. The Morgan fingerprint density at radius 3 is 0.811 bits per heavy atom. The number of hydrogen-bond donors (Lipinski definition) is 0. The first-order valence-corrected chi connectivity index (χ1v) is 20.0. The van der Waals surface area contributed by atoms with Gasteiger partial charge in [-0.1, -0.05) is 222 Å². The Kier molecular flexibility index (Phi) is 11.0. The molecule has 1 saturated carbocycles. The first-order valence-electron chi connectivity index (χ1n) is 20.0. The second-order valence-electron chi connectivity index (χ2n) is 14.9. The van der Waals surface area contributed by atoms with E-state index < -0.39 is 0 Å². The summed E-state index contributed by atoms with van der Waals surface area (Å²) in [6, 6.07) is 60.6. The highest BCUT2D eigenvalue weighted by molar-refractivity contribution is 6.22. The average Bonchev–Trinajstić information content (AvgIpc) is 3.61. The predicted molar refractivity (Wildman–Crippen MR) is 232 cm³/mol. The van der Waals surface area contributed by atoms with E-state index in [0.29, 0.717) is 0 Å². The number of benzene rings is 9. The Hall–Kier alpha value is -5.46.